The third-order valence-electron chi connectivity index (χ3n) is 12.2. The van der Waals surface area contributed by atoms with Crippen LogP contribution in [0.2, 0.25) is 0 Å². The minimum absolute atomic E-state index is 0.572. The van der Waals surface area contributed by atoms with E-state index in [4.69, 9.17) is 14.4 Å². The van der Waals surface area contributed by atoms with Gasteiger partial charge in [0.15, 0.2) is 0 Å². The van der Waals surface area contributed by atoms with E-state index in [0.717, 1.165) is 49.5 Å². The van der Waals surface area contributed by atoms with Crippen molar-refractivity contribution in [3.63, 3.8) is 0 Å². The summed E-state index contributed by atoms with van der Waals surface area (Å²) >= 11 is 0. The molecule has 0 saturated heterocycles. The molecule has 0 aliphatic heterocycles. The van der Waals surface area contributed by atoms with E-state index in [2.05, 4.69) is 153 Å². The summed E-state index contributed by atoms with van der Waals surface area (Å²) in [4.78, 5) is 10.6. The maximum absolute atomic E-state index is 6.49. The van der Waals surface area contributed by atoms with E-state index in [0.29, 0.717) is 11.7 Å². The van der Waals surface area contributed by atoms with Crippen LogP contribution in [-0.2, 0) is 0 Å². The van der Waals surface area contributed by atoms with Crippen LogP contribution < -0.4 is 0 Å². The van der Waals surface area contributed by atoms with Crippen molar-refractivity contribution in [2.75, 3.05) is 0 Å². The van der Waals surface area contributed by atoms with Crippen LogP contribution in [0.15, 0.2) is 168 Å². The Labute approximate surface area is 317 Å². The lowest BCUT2D eigenvalue weighted by Gasteiger charge is -2.09. The number of para-hydroxylation sites is 5. The van der Waals surface area contributed by atoms with Crippen LogP contribution in [0.1, 0.15) is 0 Å². The lowest BCUT2D eigenvalue weighted by atomic mass is 10.0. The molecule has 0 bridgehead atoms. The second-order valence-corrected chi connectivity index (χ2v) is 14.9. The molecule has 0 aliphatic carbocycles. The van der Waals surface area contributed by atoms with Crippen molar-refractivity contribution >= 4 is 109 Å². The molecule has 8 aromatic carbocycles. The van der Waals surface area contributed by atoms with Crippen LogP contribution in [0.3, 0.4) is 0 Å². The van der Waals surface area contributed by atoms with Crippen molar-refractivity contribution in [2.45, 2.75) is 0 Å². The van der Waals surface area contributed by atoms with Crippen molar-refractivity contribution in [2.24, 2.45) is 0 Å². The van der Waals surface area contributed by atoms with E-state index in [-0.39, 0.29) is 0 Å². The molecule has 0 fully saturated rings. The number of hydrogen-bond acceptors (Lipinski definition) is 3. The molecule has 6 heteroatoms. The minimum atomic E-state index is 0.572. The second kappa shape index (κ2) is 10.1. The molecule has 6 heterocycles. The van der Waals surface area contributed by atoms with Crippen molar-refractivity contribution in [3.05, 3.63) is 164 Å². The van der Waals surface area contributed by atoms with E-state index < -0.39 is 0 Å². The summed E-state index contributed by atoms with van der Waals surface area (Å²) in [7, 11) is 0. The third-order valence-corrected chi connectivity index (χ3v) is 12.2. The van der Waals surface area contributed by atoms with Gasteiger partial charge in [-0.25, -0.2) is 4.98 Å². The van der Waals surface area contributed by atoms with Crippen molar-refractivity contribution < 1.29 is 4.42 Å². The second-order valence-electron chi connectivity index (χ2n) is 14.9. The maximum Gasteiger partial charge on any atom is 0.238 e. The summed E-state index contributed by atoms with van der Waals surface area (Å²) in [6.45, 7) is 0. The average molecular weight is 714 g/mol. The first-order chi connectivity index (χ1) is 27.8. The maximum atomic E-state index is 6.49. The zero-order chi connectivity index (χ0) is 36.2. The van der Waals surface area contributed by atoms with Gasteiger partial charge in [-0.05, 0) is 47.9 Å². The Bertz CT molecular complexity index is 3990. The van der Waals surface area contributed by atoms with E-state index >= 15 is 0 Å². The van der Waals surface area contributed by atoms with Gasteiger partial charge in [0, 0.05) is 48.7 Å². The van der Waals surface area contributed by atoms with Gasteiger partial charge in [0.1, 0.15) is 5.58 Å². The first-order valence-corrected chi connectivity index (χ1v) is 19.0. The topological polar surface area (TPSA) is 52.7 Å². The molecule has 56 heavy (non-hydrogen) atoms. The molecule has 6 nitrogen and oxygen atoms in total. The van der Waals surface area contributed by atoms with Gasteiger partial charge in [-0.15, -0.1) is 0 Å². The van der Waals surface area contributed by atoms with Gasteiger partial charge in [0.2, 0.25) is 11.7 Å². The fraction of sp³-hybridized carbons (Fsp3) is 0. The number of hydrogen-bond donors (Lipinski definition) is 0. The molecule has 14 aromatic rings. The number of rotatable bonds is 2. The Hall–Kier alpha value is -7.70. The number of nitrogens with zero attached hydrogens (tertiary/aromatic N) is 5. The highest BCUT2D eigenvalue weighted by Crippen LogP contribution is 2.47. The Kier molecular flexibility index (Phi) is 5.18. The third kappa shape index (κ3) is 3.39. The molecule has 0 spiro atoms. The van der Waals surface area contributed by atoms with Gasteiger partial charge in [-0.2, -0.15) is 4.98 Å². The molecule has 14 rings (SSSR count). The first kappa shape index (κ1) is 28.8. The molecule has 258 valence electrons. The van der Waals surface area contributed by atoms with Crippen molar-refractivity contribution in [1.29, 1.82) is 0 Å². The predicted octanol–water partition coefficient (Wildman–Crippen LogP) is 12.8. The van der Waals surface area contributed by atoms with Crippen LogP contribution in [0, 0.1) is 0 Å². The first-order valence-electron chi connectivity index (χ1n) is 19.0. The van der Waals surface area contributed by atoms with Crippen LogP contribution in [-0.4, -0.2) is 23.3 Å². The van der Waals surface area contributed by atoms with Crippen molar-refractivity contribution in [1.82, 2.24) is 23.3 Å². The highest BCUT2D eigenvalue weighted by Gasteiger charge is 2.26. The Morgan fingerprint density at radius 3 is 1.80 bits per heavy atom. The summed E-state index contributed by atoms with van der Waals surface area (Å²) in [6.07, 6.45) is 0. The van der Waals surface area contributed by atoms with E-state index in [1.54, 1.807) is 0 Å². The van der Waals surface area contributed by atoms with Gasteiger partial charge in [-0.3, -0.25) is 4.57 Å². The highest BCUT2D eigenvalue weighted by atomic mass is 16.3. The van der Waals surface area contributed by atoms with Crippen LogP contribution in [0.25, 0.3) is 126 Å². The zero-order valence-electron chi connectivity index (χ0n) is 29.7. The summed E-state index contributed by atoms with van der Waals surface area (Å²) in [5.41, 5.74) is 12.5. The lowest BCUT2D eigenvalue weighted by Crippen LogP contribution is -2.02. The SMILES string of the molecule is c1ccc(-c2nc(-n3c4ccccc4c4c5c6ccc7ccc8c9ccccc9n9c%10ccccc%10n(c5ccc43)c6c7c89)nc3oc4ccccc4c23)cc1. The Morgan fingerprint density at radius 2 is 0.982 bits per heavy atom. The predicted molar refractivity (Wildman–Crippen MR) is 230 cm³/mol. The fourth-order valence-corrected chi connectivity index (χ4v) is 9.99. The Balaban J connectivity index is 1.19. The minimum Gasteiger partial charge on any atom is -0.437 e. The fourth-order valence-electron chi connectivity index (χ4n) is 9.99. The highest BCUT2D eigenvalue weighted by molar-refractivity contribution is 6.35. The zero-order valence-corrected chi connectivity index (χ0v) is 29.7. The molecule has 0 radical (unpaired) electrons. The smallest absolute Gasteiger partial charge is 0.238 e. The summed E-state index contributed by atoms with van der Waals surface area (Å²) in [6, 6.07) is 58.6. The van der Waals surface area contributed by atoms with Gasteiger partial charge < -0.3 is 13.2 Å². The van der Waals surface area contributed by atoms with Crippen molar-refractivity contribution in [3.8, 4) is 17.2 Å². The molecule has 0 saturated carbocycles. The summed E-state index contributed by atoms with van der Waals surface area (Å²) < 4.78 is 13.7. The Morgan fingerprint density at radius 1 is 0.375 bits per heavy atom. The monoisotopic (exact) mass is 713 g/mol. The lowest BCUT2D eigenvalue weighted by molar-refractivity contribution is 0.651. The van der Waals surface area contributed by atoms with Crippen LogP contribution in [0.5, 0.6) is 0 Å². The van der Waals surface area contributed by atoms with E-state index in [1.165, 1.54) is 65.3 Å². The molecule has 0 amide bonds. The number of aromatic nitrogens is 5. The number of benzene rings is 8. The van der Waals surface area contributed by atoms with Gasteiger partial charge >= 0.3 is 0 Å². The summed E-state index contributed by atoms with van der Waals surface area (Å²) in [5.74, 6) is 0.577. The van der Waals surface area contributed by atoms with Gasteiger partial charge in [-0.1, -0.05) is 121 Å². The molecule has 0 N–H and O–H groups in total. The molecular weight excluding hydrogens is 687 g/mol. The van der Waals surface area contributed by atoms with Gasteiger partial charge in [0.25, 0.3) is 0 Å². The van der Waals surface area contributed by atoms with Gasteiger partial charge in [0.05, 0.1) is 55.2 Å². The normalized spacial score (nSPS) is 12.6. The average Bonchev–Trinajstić information content (AvgIpc) is 3.97. The standard InChI is InChI=1S/C50H27N5O/c1-2-12-29(13-3-1)46-45-33-16-6-11-21-41(33)56-49(45)52-50(51-46)55-36-18-8-5-15-32(36)43-40(55)27-26-39-44(43)34-25-23-28-22-24-31-30-14-4-7-17-35(30)53-37-19-9-10-20-38(37)54(39)48(34)42(28)47(31)53/h1-27H. The van der Waals surface area contributed by atoms with E-state index in [1.807, 2.05) is 24.3 Å². The number of furan rings is 1. The van der Waals surface area contributed by atoms with E-state index in [9.17, 15) is 0 Å². The molecule has 0 atom stereocenters. The molecule has 6 aromatic heterocycles. The number of fused-ring (bicyclic) bond motifs is 16. The molecule has 0 aliphatic rings. The van der Waals surface area contributed by atoms with Crippen LogP contribution in [0.4, 0.5) is 0 Å². The quantitative estimate of drug-likeness (QED) is 0.179. The molecule has 0 unspecified atom stereocenters. The van der Waals surface area contributed by atoms with Crippen LogP contribution >= 0.6 is 0 Å². The summed E-state index contributed by atoms with van der Waals surface area (Å²) in [5, 5.41) is 11.7. The molecular formula is C50H27N5O. The largest absolute Gasteiger partial charge is 0.437 e.